The summed E-state index contributed by atoms with van der Waals surface area (Å²) in [7, 11) is 0. The van der Waals surface area contributed by atoms with E-state index in [9.17, 15) is 14.0 Å². The smallest absolute Gasteiger partial charge is 0.344 e. The maximum atomic E-state index is 12.9. The molecule has 2 aromatic rings. The van der Waals surface area contributed by atoms with E-state index in [1.165, 1.54) is 17.4 Å². The first-order valence-electron chi connectivity index (χ1n) is 6.98. The highest BCUT2D eigenvalue weighted by molar-refractivity contribution is 7.09. The Kier molecular flexibility index (Phi) is 6.44. The minimum Gasteiger partial charge on any atom is -0.480 e. The molecule has 1 atom stereocenters. The first-order valence-corrected chi connectivity index (χ1v) is 8.24. The number of ketones is 1. The molecular formula is C16H12ClFN2O4S. The molecule has 2 rings (SSSR count). The summed E-state index contributed by atoms with van der Waals surface area (Å²) in [5, 5.41) is 11.2. The summed E-state index contributed by atoms with van der Waals surface area (Å²) in [5.41, 5.74) is 0.703. The summed E-state index contributed by atoms with van der Waals surface area (Å²) in [5.74, 6) is -2.91. The molecule has 130 valence electrons. The van der Waals surface area contributed by atoms with E-state index in [2.05, 4.69) is 4.98 Å². The van der Waals surface area contributed by atoms with Crippen molar-refractivity contribution < 1.29 is 23.5 Å². The van der Waals surface area contributed by atoms with E-state index in [4.69, 9.17) is 26.3 Å². The molecule has 0 saturated heterocycles. The molecule has 0 unspecified atom stereocenters. The molecule has 25 heavy (non-hydrogen) atoms. The topological polar surface area (TPSA) is 89.3 Å². The van der Waals surface area contributed by atoms with Gasteiger partial charge in [-0.1, -0.05) is 11.6 Å². The molecule has 0 aliphatic heterocycles. The van der Waals surface area contributed by atoms with Crippen LogP contribution in [0.15, 0.2) is 23.6 Å². The van der Waals surface area contributed by atoms with Crippen molar-refractivity contribution in [1.82, 2.24) is 4.98 Å². The van der Waals surface area contributed by atoms with Crippen LogP contribution in [0.3, 0.4) is 0 Å². The summed E-state index contributed by atoms with van der Waals surface area (Å²) >= 11 is 6.95. The fourth-order valence-electron chi connectivity index (χ4n) is 1.78. The highest BCUT2D eigenvalue weighted by atomic mass is 35.5. The van der Waals surface area contributed by atoms with E-state index in [-0.39, 0.29) is 10.8 Å². The number of carbonyl (C=O) groups is 2. The van der Waals surface area contributed by atoms with Crippen molar-refractivity contribution in [3.63, 3.8) is 0 Å². The number of Topliss-reactive ketones (excluding diaryl/α,β-unsaturated/α-hetero) is 1. The Morgan fingerprint density at radius 2 is 2.20 bits per heavy atom. The Bertz CT molecular complexity index is 834. The fourth-order valence-corrected chi connectivity index (χ4v) is 2.86. The number of esters is 1. The van der Waals surface area contributed by atoms with E-state index >= 15 is 0 Å². The van der Waals surface area contributed by atoms with Crippen molar-refractivity contribution in [3.8, 4) is 11.8 Å². The molecule has 0 radical (unpaired) electrons. The largest absolute Gasteiger partial charge is 0.480 e. The lowest BCUT2D eigenvalue weighted by Gasteiger charge is -2.09. The fraction of sp³-hybridized carbons (Fsp3) is 0.250. The van der Waals surface area contributed by atoms with Crippen LogP contribution in [0, 0.1) is 24.1 Å². The number of rotatable bonds is 7. The molecule has 0 bridgehead atoms. The lowest BCUT2D eigenvalue weighted by Crippen LogP contribution is -2.22. The average Bonchev–Trinajstić information content (AvgIpc) is 2.99. The zero-order valence-corrected chi connectivity index (χ0v) is 14.6. The van der Waals surface area contributed by atoms with Gasteiger partial charge in [-0.15, -0.1) is 11.3 Å². The standard InChI is InChI=1S/C16H12ClFN2O4S/c1-9-8-25-16(20-9)11(5-19)13(21)6-24-15(22)7-23-14-3-2-10(18)4-12(14)17/h2-4,8,11H,6-7H2,1H3/t11-/m1/s1. The Hall–Kier alpha value is -2.50. The first-order chi connectivity index (χ1) is 11.9. The number of aryl methyl sites for hydroxylation is 1. The second-order valence-electron chi connectivity index (χ2n) is 4.88. The summed E-state index contributed by atoms with van der Waals surface area (Å²) in [6.07, 6.45) is 0. The van der Waals surface area contributed by atoms with E-state index in [1.807, 2.05) is 6.07 Å². The second kappa shape index (κ2) is 8.55. The Morgan fingerprint density at radius 3 is 2.80 bits per heavy atom. The predicted octanol–water partition coefficient (Wildman–Crippen LogP) is 3.04. The molecule has 0 fully saturated rings. The minimum absolute atomic E-state index is 0.00700. The SMILES string of the molecule is Cc1csc([C@H](C#N)C(=O)COC(=O)COc2ccc(F)cc2Cl)n1. The number of thiazole rings is 1. The molecular weight excluding hydrogens is 371 g/mol. The second-order valence-corrected chi connectivity index (χ2v) is 6.18. The van der Waals surface area contributed by atoms with Gasteiger partial charge in [0.05, 0.1) is 11.1 Å². The quantitative estimate of drug-likeness (QED) is 0.684. The van der Waals surface area contributed by atoms with E-state index in [1.54, 1.807) is 12.3 Å². The highest BCUT2D eigenvalue weighted by Crippen LogP contribution is 2.25. The van der Waals surface area contributed by atoms with Crippen molar-refractivity contribution >= 4 is 34.7 Å². The van der Waals surface area contributed by atoms with Crippen molar-refractivity contribution in [2.24, 2.45) is 0 Å². The lowest BCUT2D eigenvalue weighted by molar-refractivity contribution is -0.150. The zero-order chi connectivity index (χ0) is 18.4. The number of nitriles is 1. The van der Waals surface area contributed by atoms with Gasteiger partial charge >= 0.3 is 5.97 Å². The summed E-state index contributed by atoms with van der Waals surface area (Å²) < 4.78 is 22.8. The molecule has 1 heterocycles. The maximum Gasteiger partial charge on any atom is 0.344 e. The molecule has 9 heteroatoms. The van der Waals surface area contributed by atoms with Crippen molar-refractivity contribution in [3.05, 3.63) is 45.1 Å². The minimum atomic E-state index is -1.08. The number of hydrogen-bond acceptors (Lipinski definition) is 7. The predicted molar refractivity (Wildman–Crippen MR) is 88.1 cm³/mol. The highest BCUT2D eigenvalue weighted by Gasteiger charge is 2.24. The lowest BCUT2D eigenvalue weighted by atomic mass is 10.1. The summed E-state index contributed by atoms with van der Waals surface area (Å²) in [6.45, 7) is 0.666. The monoisotopic (exact) mass is 382 g/mol. The number of carbonyl (C=O) groups excluding carboxylic acids is 2. The van der Waals surface area contributed by atoms with Crippen molar-refractivity contribution in [2.45, 2.75) is 12.8 Å². The number of aromatic nitrogens is 1. The van der Waals surface area contributed by atoms with Crippen LogP contribution >= 0.6 is 22.9 Å². The van der Waals surface area contributed by atoms with Gasteiger partial charge < -0.3 is 9.47 Å². The Labute approximate surface area is 151 Å². The van der Waals surface area contributed by atoms with Gasteiger partial charge in [-0.25, -0.2) is 14.2 Å². The van der Waals surface area contributed by atoms with E-state index < -0.39 is 36.7 Å². The van der Waals surface area contributed by atoms with E-state index in [0.29, 0.717) is 10.7 Å². The maximum absolute atomic E-state index is 12.9. The van der Waals surface area contributed by atoms with Gasteiger partial charge in [-0.05, 0) is 25.1 Å². The van der Waals surface area contributed by atoms with Crippen LogP contribution in [0.2, 0.25) is 5.02 Å². The van der Waals surface area contributed by atoms with Crippen LogP contribution in [-0.2, 0) is 14.3 Å². The van der Waals surface area contributed by atoms with Gasteiger partial charge in [0.15, 0.2) is 24.9 Å². The molecule has 0 aliphatic rings. The van der Waals surface area contributed by atoms with Gasteiger partial charge in [0.25, 0.3) is 0 Å². The molecule has 0 aliphatic carbocycles. The third kappa shape index (κ3) is 5.24. The van der Waals surface area contributed by atoms with Crippen LogP contribution in [0.25, 0.3) is 0 Å². The number of benzene rings is 1. The van der Waals surface area contributed by atoms with Crippen molar-refractivity contribution in [1.29, 1.82) is 5.26 Å². The van der Waals surface area contributed by atoms with Gasteiger partial charge in [0, 0.05) is 11.1 Å². The van der Waals surface area contributed by atoms with Gasteiger partial charge in [-0.3, -0.25) is 4.79 Å². The summed E-state index contributed by atoms with van der Waals surface area (Å²) in [6, 6.07) is 5.29. The van der Waals surface area contributed by atoms with Crippen LogP contribution in [-0.4, -0.2) is 30.0 Å². The number of ether oxygens (including phenoxy) is 2. The number of halogens is 2. The molecule has 1 aromatic heterocycles. The molecule has 1 aromatic carbocycles. The third-order valence-electron chi connectivity index (χ3n) is 2.95. The van der Waals surface area contributed by atoms with Gasteiger partial charge in [0.2, 0.25) is 0 Å². The van der Waals surface area contributed by atoms with E-state index in [0.717, 1.165) is 12.1 Å². The average molecular weight is 383 g/mol. The van der Waals surface area contributed by atoms with Crippen LogP contribution in [0.5, 0.6) is 5.75 Å². The van der Waals surface area contributed by atoms with Gasteiger partial charge in [0.1, 0.15) is 16.6 Å². The van der Waals surface area contributed by atoms with Crippen LogP contribution < -0.4 is 4.74 Å². The third-order valence-corrected chi connectivity index (χ3v) is 4.27. The molecule has 6 nitrogen and oxygen atoms in total. The Balaban J connectivity index is 1.84. The number of nitrogens with zero attached hydrogens (tertiary/aromatic N) is 2. The van der Waals surface area contributed by atoms with Crippen LogP contribution in [0.4, 0.5) is 4.39 Å². The summed E-state index contributed by atoms with van der Waals surface area (Å²) in [4.78, 5) is 27.7. The molecule has 0 saturated carbocycles. The zero-order valence-electron chi connectivity index (χ0n) is 13.0. The van der Waals surface area contributed by atoms with Crippen LogP contribution in [0.1, 0.15) is 16.6 Å². The van der Waals surface area contributed by atoms with Crippen molar-refractivity contribution in [2.75, 3.05) is 13.2 Å². The normalized spacial score (nSPS) is 11.4. The molecule has 0 N–H and O–H groups in total. The Morgan fingerprint density at radius 1 is 1.44 bits per heavy atom. The molecule has 0 amide bonds. The molecule has 0 spiro atoms. The number of hydrogen-bond donors (Lipinski definition) is 0. The van der Waals surface area contributed by atoms with Gasteiger partial charge in [-0.2, -0.15) is 5.26 Å². The first kappa shape index (κ1) is 18.8.